The highest BCUT2D eigenvalue weighted by Gasteiger charge is 2.53. The van der Waals surface area contributed by atoms with Crippen molar-refractivity contribution < 1.29 is 19.1 Å². The number of urea groups is 1. The zero-order valence-electron chi connectivity index (χ0n) is 24.3. The van der Waals surface area contributed by atoms with E-state index in [0.717, 1.165) is 67.5 Å². The normalized spacial score (nSPS) is 31.1. The second-order valence-electron chi connectivity index (χ2n) is 12.7. The Hall–Kier alpha value is -2.03. The number of likely N-dealkylation sites (N-methyl/N-ethyl adjacent to an activating group) is 1. The van der Waals surface area contributed by atoms with Gasteiger partial charge in [-0.15, -0.1) is 0 Å². The molecule has 8 atom stereocenters. The lowest BCUT2D eigenvalue weighted by atomic mass is 9.73. The number of hydrogen-bond acceptors (Lipinski definition) is 5. The van der Waals surface area contributed by atoms with Crippen molar-refractivity contribution in [2.24, 2.45) is 35.5 Å². The average molecular weight is 575 g/mol. The molecular weight excluding hydrogens is 528 g/mol. The molecule has 4 bridgehead atoms. The van der Waals surface area contributed by atoms with Crippen LogP contribution in [0.5, 0.6) is 0 Å². The molecule has 0 aromatic heterocycles. The highest BCUT2D eigenvalue weighted by Crippen LogP contribution is 2.62. The zero-order valence-corrected chi connectivity index (χ0v) is 25.1. The van der Waals surface area contributed by atoms with E-state index in [1.165, 1.54) is 32.7 Å². The molecule has 222 valence electrons. The first kappa shape index (κ1) is 29.5. The Morgan fingerprint density at radius 1 is 1.15 bits per heavy atom. The third-order valence-electron chi connectivity index (χ3n) is 10.4. The van der Waals surface area contributed by atoms with Crippen LogP contribution in [-0.4, -0.2) is 70.0 Å². The van der Waals surface area contributed by atoms with E-state index >= 15 is 0 Å². The predicted octanol–water partition coefficient (Wildman–Crippen LogP) is 5.01. The second kappa shape index (κ2) is 12.9. The van der Waals surface area contributed by atoms with Gasteiger partial charge in [-0.3, -0.25) is 0 Å². The summed E-state index contributed by atoms with van der Waals surface area (Å²) in [7, 11) is 3.51. The van der Waals surface area contributed by atoms with Gasteiger partial charge in [0.1, 0.15) is 6.61 Å². The predicted molar refractivity (Wildman–Crippen MR) is 156 cm³/mol. The van der Waals surface area contributed by atoms with Gasteiger partial charge >= 0.3 is 12.1 Å². The number of halogens is 1. The molecule has 5 aliphatic rings. The van der Waals surface area contributed by atoms with Crippen molar-refractivity contribution in [3.63, 3.8) is 0 Å². The molecule has 1 aromatic rings. The Labute approximate surface area is 244 Å². The lowest BCUT2D eigenvalue weighted by Gasteiger charge is -2.44. The maximum absolute atomic E-state index is 13.7. The number of hydrogen-bond donors (Lipinski definition) is 3. The molecule has 40 heavy (non-hydrogen) atoms. The Kier molecular flexibility index (Phi) is 9.48. The quantitative estimate of drug-likeness (QED) is 0.323. The number of piperidine rings is 1. The minimum atomic E-state index is -0.692. The maximum Gasteiger partial charge on any atom is 0.406 e. The number of nitrogens with one attached hydrogen (secondary N) is 3. The Morgan fingerprint density at radius 3 is 2.73 bits per heavy atom. The van der Waals surface area contributed by atoms with E-state index in [4.69, 9.17) is 21.1 Å². The molecule has 9 heteroatoms. The van der Waals surface area contributed by atoms with E-state index in [-0.39, 0.29) is 31.2 Å². The van der Waals surface area contributed by atoms with Gasteiger partial charge in [0.05, 0.1) is 12.2 Å². The molecule has 3 N–H and O–H groups in total. The molecular formula is C31H47ClN4O4. The van der Waals surface area contributed by atoms with Gasteiger partial charge in [-0.05, 0) is 106 Å². The van der Waals surface area contributed by atoms with Crippen LogP contribution in [0.3, 0.4) is 0 Å². The monoisotopic (exact) mass is 574 g/mol. The standard InChI is InChI=1S/C31H47ClN4O4/c1-31(23-6-4-8-25(32)16-23,40-11-10-39-30(38)34-3)24-7-5-9-36(19-24)29(37)35-26(18-33-2)17-28-22-13-20-12-21(15-22)27(28)14-20/h4,6,8,16,20-22,24,26-28,33H,5,7,9-15,17-19H2,1-3H3,(H,34,38)(H,35,37). The Bertz CT molecular complexity index is 1040. The van der Waals surface area contributed by atoms with E-state index in [0.29, 0.717) is 11.6 Å². The van der Waals surface area contributed by atoms with Crippen LogP contribution in [0.1, 0.15) is 57.4 Å². The molecule has 4 saturated carbocycles. The van der Waals surface area contributed by atoms with Crippen LogP contribution in [-0.2, 0) is 15.1 Å². The number of benzene rings is 1. The summed E-state index contributed by atoms with van der Waals surface area (Å²) in [5, 5.41) is 9.85. The minimum absolute atomic E-state index is 0.0220. The number of alkyl carbamates (subject to hydrolysis) is 1. The Morgan fingerprint density at radius 2 is 1.98 bits per heavy atom. The molecule has 1 saturated heterocycles. The van der Waals surface area contributed by atoms with Gasteiger partial charge in [-0.2, -0.15) is 0 Å². The summed E-state index contributed by atoms with van der Waals surface area (Å²) in [5.41, 5.74) is 0.272. The lowest BCUT2D eigenvalue weighted by Crippen LogP contribution is -2.54. The summed E-state index contributed by atoms with van der Waals surface area (Å²) in [6.07, 6.45) is 8.10. The highest BCUT2D eigenvalue weighted by molar-refractivity contribution is 6.30. The topological polar surface area (TPSA) is 91.9 Å². The number of likely N-dealkylation sites (tertiary alicyclic amines) is 1. The van der Waals surface area contributed by atoms with E-state index < -0.39 is 11.7 Å². The number of rotatable bonds is 11. The first-order valence-corrected chi connectivity index (χ1v) is 15.6. The van der Waals surface area contributed by atoms with Crippen LogP contribution in [0.15, 0.2) is 24.3 Å². The van der Waals surface area contributed by atoms with Crippen molar-refractivity contribution in [2.45, 2.75) is 63.5 Å². The van der Waals surface area contributed by atoms with Crippen LogP contribution in [0.2, 0.25) is 5.02 Å². The van der Waals surface area contributed by atoms with Gasteiger partial charge < -0.3 is 30.3 Å². The smallest absolute Gasteiger partial charge is 0.406 e. The maximum atomic E-state index is 13.7. The van der Waals surface area contributed by atoms with Crippen molar-refractivity contribution in [2.75, 3.05) is 46.9 Å². The van der Waals surface area contributed by atoms with Crippen molar-refractivity contribution in [1.29, 1.82) is 0 Å². The van der Waals surface area contributed by atoms with Gasteiger partial charge in [-0.1, -0.05) is 23.7 Å². The molecule has 4 aliphatic carbocycles. The summed E-state index contributed by atoms with van der Waals surface area (Å²) in [6, 6.07) is 7.90. The first-order valence-electron chi connectivity index (χ1n) is 15.2. The van der Waals surface area contributed by atoms with Gasteiger partial charge in [0.2, 0.25) is 0 Å². The number of carbonyl (C=O) groups is 2. The van der Waals surface area contributed by atoms with Crippen LogP contribution in [0.4, 0.5) is 9.59 Å². The van der Waals surface area contributed by atoms with Crippen molar-refractivity contribution in [3.05, 3.63) is 34.9 Å². The fraction of sp³-hybridized carbons (Fsp3) is 0.742. The molecule has 0 radical (unpaired) electrons. The molecule has 1 heterocycles. The third-order valence-corrected chi connectivity index (χ3v) is 10.6. The van der Waals surface area contributed by atoms with E-state index in [1.54, 1.807) is 0 Å². The summed E-state index contributed by atoms with van der Waals surface area (Å²) in [6.45, 7) is 4.58. The number of ether oxygens (including phenoxy) is 2. The lowest BCUT2D eigenvalue weighted by molar-refractivity contribution is -0.103. The Balaban J connectivity index is 1.24. The van der Waals surface area contributed by atoms with E-state index in [9.17, 15) is 9.59 Å². The van der Waals surface area contributed by atoms with Gasteiger partial charge in [-0.25, -0.2) is 9.59 Å². The van der Waals surface area contributed by atoms with E-state index in [2.05, 4.69) is 22.9 Å². The first-order chi connectivity index (χ1) is 19.3. The van der Waals surface area contributed by atoms with Crippen molar-refractivity contribution >= 4 is 23.7 Å². The molecule has 5 fully saturated rings. The summed E-state index contributed by atoms with van der Waals surface area (Å²) in [5.74, 6) is 4.47. The van der Waals surface area contributed by atoms with E-state index in [1.807, 2.05) is 36.2 Å². The second-order valence-corrected chi connectivity index (χ2v) is 13.2. The average Bonchev–Trinajstić information content (AvgIpc) is 3.37. The SMILES string of the molecule is CNCC(CC1C2CC3CC(C2)C1C3)NC(=O)N1CCCC(C(C)(OCCOC(=O)NC)c2cccc(Cl)c2)C1. The van der Waals surface area contributed by atoms with Crippen LogP contribution in [0, 0.1) is 35.5 Å². The van der Waals surface area contributed by atoms with Crippen LogP contribution >= 0.6 is 11.6 Å². The van der Waals surface area contributed by atoms with Gasteiger partial charge in [0.15, 0.2) is 0 Å². The van der Waals surface area contributed by atoms with Gasteiger partial charge in [0.25, 0.3) is 0 Å². The summed E-state index contributed by atoms with van der Waals surface area (Å²) >= 11 is 6.38. The number of nitrogens with zero attached hydrogens (tertiary/aromatic N) is 1. The fourth-order valence-electron chi connectivity index (χ4n) is 8.58. The molecule has 8 nitrogen and oxygen atoms in total. The van der Waals surface area contributed by atoms with Crippen molar-refractivity contribution in [3.8, 4) is 0 Å². The molecule has 6 rings (SSSR count). The summed E-state index contributed by atoms with van der Waals surface area (Å²) in [4.78, 5) is 27.2. The summed E-state index contributed by atoms with van der Waals surface area (Å²) < 4.78 is 11.6. The van der Waals surface area contributed by atoms with Crippen LogP contribution < -0.4 is 16.0 Å². The number of carbonyl (C=O) groups excluding carboxylic acids is 2. The minimum Gasteiger partial charge on any atom is -0.447 e. The molecule has 1 aliphatic heterocycles. The largest absolute Gasteiger partial charge is 0.447 e. The molecule has 8 unspecified atom stereocenters. The number of amides is 3. The molecule has 3 amide bonds. The van der Waals surface area contributed by atoms with Gasteiger partial charge in [0, 0.05) is 43.7 Å². The van der Waals surface area contributed by atoms with Crippen molar-refractivity contribution in [1.82, 2.24) is 20.9 Å². The third kappa shape index (κ3) is 6.39. The van der Waals surface area contributed by atoms with Crippen LogP contribution in [0.25, 0.3) is 0 Å². The fourth-order valence-corrected chi connectivity index (χ4v) is 8.77. The molecule has 1 aromatic carbocycles. The zero-order chi connectivity index (χ0) is 28.3. The highest BCUT2D eigenvalue weighted by atomic mass is 35.5. The molecule has 0 spiro atoms.